The van der Waals surface area contributed by atoms with Crippen LogP contribution in [0.15, 0.2) is 23.1 Å². The van der Waals surface area contributed by atoms with Gasteiger partial charge in [-0.3, -0.25) is 9.52 Å². The summed E-state index contributed by atoms with van der Waals surface area (Å²) in [5.74, 6) is -0.0696. The fourth-order valence-electron chi connectivity index (χ4n) is 4.98. The molecule has 0 aliphatic rings. The number of hydrogen-bond donors (Lipinski definition) is 2. The molecule has 0 saturated heterocycles. The molecule has 0 amide bonds. The fraction of sp³-hybridized carbons (Fsp3) is 0.357. The maximum atomic E-state index is 14.2. The molecule has 38 heavy (non-hydrogen) atoms. The molecule has 8 nitrogen and oxygen atoms in total. The van der Waals surface area contributed by atoms with E-state index in [9.17, 15) is 13.2 Å². The van der Waals surface area contributed by atoms with Crippen LogP contribution >= 0.6 is 11.6 Å². The molecule has 0 unspecified atom stereocenters. The molecule has 3 heterocycles. The number of ketones is 1. The summed E-state index contributed by atoms with van der Waals surface area (Å²) < 4.78 is 29.8. The summed E-state index contributed by atoms with van der Waals surface area (Å²) in [6.45, 7) is 16.9. The number of aromatic amines is 1. The van der Waals surface area contributed by atoms with E-state index in [-0.39, 0.29) is 27.4 Å². The van der Waals surface area contributed by atoms with Crippen LogP contribution in [-0.2, 0) is 15.4 Å². The van der Waals surface area contributed by atoms with E-state index in [1.54, 1.807) is 13.8 Å². The Morgan fingerprint density at radius 3 is 2.21 bits per heavy atom. The lowest BCUT2D eigenvalue weighted by Crippen LogP contribution is -2.24. The number of rotatable bonds is 5. The summed E-state index contributed by atoms with van der Waals surface area (Å²) in [5.41, 5.74) is 4.97. The zero-order valence-corrected chi connectivity index (χ0v) is 24.7. The zero-order chi connectivity index (χ0) is 28.3. The molecule has 0 spiro atoms. The number of nitrogens with zero attached hydrogens (tertiary/aromatic N) is 3. The summed E-state index contributed by atoms with van der Waals surface area (Å²) >= 11 is 6.13. The van der Waals surface area contributed by atoms with Crippen molar-refractivity contribution < 1.29 is 13.2 Å². The standard InChI is InChI=1S/C28H32ClN5O3S/c1-13-12-19(10-11-20(13)29)38(36,37)34-23-15(3)22(28(7,8)9)17(5)30-25(23)26(35)24-21-14(2)16(4)31-27(21)33-18(6)32-24/h10-12,34H,1-9H3,(H,31,32,33). The molecule has 2 N–H and O–H groups in total. The van der Waals surface area contributed by atoms with Crippen LogP contribution in [0.4, 0.5) is 5.69 Å². The molecule has 0 aliphatic carbocycles. The largest absolute Gasteiger partial charge is 0.343 e. The molecule has 0 atom stereocenters. The number of anilines is 1. The molecule has 4 rings (SSSR count). The second kappa shape index (κ2) is 9.47. The molecule has 3 aromatic heterocycles. The van der Waals surface area contributed by atoms with Gasteiger partial charge in [0.1, 0.15) is 22.9 Å². The number of fused-ring (bicyclic) bond motifs is 1. The minimum Gasteiger partial charge on any atom is -0.343 e. The fourth-order valence-corrected chi connectivity index (χ4v) is 6.31. The molecule has 0 bridgehead atoms. The second-order valence-corrected chi connectivity index (χ2v) is 12.8. The number of H-pyrrole nitrogens is 1. The molecule has 4 aromatic rings. The average molecular weight is 554 g/mol. The highest BCUT2D eigenvalue weighted by molar-refractivity contribution is 7.92. The van der Waals surface area contributed by atoms with E-state index in [1.165, 1.54) is 18.2 Å². The van der Waals surface area contributed by atoms with E-state index in [0.717, 1.165) is 16.8 Å². The number of hydrogen-bond acceptors (Lipinski definition) is 6. The Morgan fingerprint density at radius 2 is 1.61 bits per heavy atom. The normalized spacial score (nSPS) is 12.3. The first kappa shape index (κ1) is 27.7. The van der Waals surface area contributed by atoms with Gasteiger partial charge in [0.25, 0.3) is 10.0 Å². The Labute approximate surface area is 228 Å². The van der Waals surface area contributed by atoms with Crippen molar-refractivity contribution in [1.82, 2.24) is 19.9 Å². The van der Waals surface area contributed by atoms with E-state index in [2.05, 4.69) is 19.7 Å². The van der Waals surface area contributed by atoms with Crippen LogP contribution < -0.4 is 4.72 Å². The lowest BCUT2D eigenvalue weighted by Gasteiger charge is -2.27. The van der Waals surface area contributed by atoms with Crippen LogP contribution in [0.1, 0.15) is 76.4 Å². The van der Waals surface area contributed by atoms with E-state index in [4.69, 9.17) is 16.6 Å². The number of aryl methyl sites for hydroxylation is 5. The van der Waals surface area contributed by atoms with E-state index >= 15 is 0 Å². The van der Waals surface area contributed by atoms with Crippen molar-refractivity contribution in [3.63, 3.8) is 0 Å². The summed E-state index contributed by atoms with van der Waals surface area (Å²) in [6.07, 6.45) is 0. The van der Waals surface area contributed by atoms with Crippen LogP contribution in [0.25, 0.3) is 11.0 Å². The highest BCUT2D eigenvalue weighted by Gasteiger charge is 2.31. The van der Waals surface area contributed by atoms with E-state index in [0.29, 0.717) is 38.7 Å². The summed E-state index contributed by atoms with van der Waals surface area (Å²) in [4.78, 5) is 31.0. The molecule has 10 heteroatoms. The van der Waals surface area contributed by atoms with Crippen molar-refractivity contribution in [3.05, 3.63) is 74.1 Å². The van der Waals surface area contributed by atoms with Crippen LogP contribution in [0.2, 0.25) is 5.02 Å². The summed E-state index contributed by atoms with van der Waals surface area (Å²) in [7, 11) is -4.08. The maximum Gasteiger partial charge on any atom is 0.261 e. The monoisotopic (exact) mass is 553 g/mol. The van der Waals surface area contributed by atoms with Gasteiger partial charge < -0.3 is 4.98 Å². The van der Waals surface area contributed by atoms with Gasteiger partial charge in [0.05, 0.1) is 16.0 Å². The number of halogens is 1. The SMILES string of the molecule is Cc1nc(C(=O)c2nc(C)c(C(C)(C)C)c(C)c2NS(=O)(=O)c2ccc(Cl)c(C)c2)c2c(C)c(C)[nH]c2n1. The molecular weight excluding hydrogens is 522 g/mol. The Balaban J connectivity index is 2.00. The molecule has 0 saturated carbocycles. The van der Waals surface area contributed by atoms with Crippen LogP contribution in [0.3, 0.4) is 0 Å². The Kier molecular flexibility index (Phi) is 6.91. The number of pyridine rings is 1. The molecule has 0 aliphatic heterocycles. The van der Waals surface area contributed by atoms with Crippen molar-refractivity contribution in [2.75, 3.05) is 4.72 Å². The highest BCUT2D eigenvalue weighted by atomic mass is 35.5. The van der Waals surface area contributed by atoms with Gasteiger partial charge in [0, 0.05) is 16.4 Å². The number of aromatic nitrogens is 4. The molecule has 0 fully saturated rings. The number of sulfonamides is 1. The van der Waals surface area contributed by atoms with Crippen molar-refractivity contribution in [3.8, 4) is 0 Å². The lowest BCUT2D eigenvalue weighted by atomic mass is 9.82. The molecular formula is C28H32ClN5O3S. The van der Waals surface area contributed by atoms with Gasteiger partial charge in [-0.1, -0.05) is 32.4 Å². The topological polar surface area (TPSA) is 118 Å². The quantitative estimate of drug-likeness (QED) is 0.285. The van der Waals surface area contributed by atoms with Crippen molar-refractivity contribution >= 4 is 44.1 Å². The van der Waals surface area contributed by atoms with Crippen LogP contribution in [0.5, 0.6) is 0 Å². The third-order valence-electron chi connectivity index (χ3n) is 6.75. The minimum atomic E-state index is -4.08. The number of nitrogens with one attached hydrogen (secondary N) is 2. The first-order chi connectivity index (χ1) is 17.5. The predicted molar refractivity (Wildman–Crippen MR) is 151 cm³/mol. The number of benzene rings is 1. The van der Waals surface area contributed by atoms with Gasteiger partial charge in [-0.15, -0.1) is 0 Å². The Morgan fingerprint density at radius 1 is 0.947 bits per heavy atom. The third kappa shape index (κ3) is 4.80. The van der Waals surface area contributed by atoms with Gasteiger partial charge in [-0.25, -0.2) is 23.4 Å². The highest BCUT2D eigenvalue weighted by Crippen LogP contribution is 2.36. The van der Waals surface area contributed by atoms with Crippen molar-refractivity contribution in [2.45, 2.75) is 72.6 Å². The van der Waals surface area contributed by atoms with Gasteiger partial charge in [-0.2, -0.15) is 0 Å². The summed E-state index contributed by atoms with van der Waals surface area (Å²) in [6, 6.07) is 4.47. The van der Waals surface area contributed by atoms with Crippen molar-refractivity contribution in [1.29, 1.82) is 0 Å². The molecule has 200 valence electrons. The zero-order valence-electron chi connectivity index (χ0n) is 23.1. The Bertz CT molecular complexity index is 1730. The second-order valence-electron chi connectivity index (χ2n) is 10.7. The van der Waals surface area contributed by atoms with E-state index < -0.39 is 15.8 Å². The van der Waals surface area contributed by atoms with Crippen LogP contribution in [-0.4, -0.2) is 34.1 Å². The van der Waals surface area contributed by atoms with E-state index in [1.807, 2.05) is 48.5 Å². The predicted octanol–water partition coefficient (Wildman–Crippen LogP) is 6.19. The minimum absolute atomic E-state index is 0.0140. The first-order valence-electron chi connectivity index (χ1n) is 12.2. The molecule has 0 radical (unpaired) electrons. The maximum absolute atomic E-state index is 14.2. The smallest absolute Gasteiger partial charge is 0.261 e. The first-order valence-corrected chi connectivity index (χ1v) is 14.1. The van der Waals surface area contributed by atoms with Crippen molar-refractivity contribution in [2.24, 2.45) is 0 Å². The summed E-state index contributed by atoms with van der Waals surface area (Å²) in [5, 5.41) is 1.06. The molecule has 1 aromatic carbocycles. The van der Waals surface area contributed by atoms with Gasteiger partial charge in [-0.05, 0) is 87.4 Å². The Hall–Kier alpha value is -3.30. The average Bonchev–Trinajstić information content (AvgIpc) is 3.08. The lowest BCUT2D eigenvalue weighted by molar-refractivity contribution is 0.103. The number of carbonyl (C=O) groups is 1. The van der Waals surface area contributed by atoms with Gasteiger partial charge in [0.15, 0.2) is 0 Å². The van der Waals surface area contributed by atoms with Gasteiger partial charge in [0.2, 0.25) is 5.78 Å². The third-order valence-corrected chi connectivity index (χ3v) is 8.52. The number of carbonyl (C=O) groups excluding carboxylic acids is 1. The van der Waals surface area contributed by atoms with Gasteiger partial charge >= 0.3 is 0 Å². The van der Waals surface area contributed by atoms with Crippen LogP contribution in [0, 0.1) is 41.5 Å².